The molecular formula is C5H11N3O. The quantitative estimate of drug-likeness (QED) is 0.244. The lowest BCUT2D eigenvalue weighted by atomic mass is 10.7. The number of aliphatic imine (C=N–C) groups is 1. The Labute approximate surface area is 54.4 Å². The van der Waals surface area contributed by atoms with Gasteiger partial charge in [-0.25, -0.2) is 0 Å². The maximum Gasteiger partial charge on any atom is 0.0658 e. The average Bonchev–Trinajstić information content (AvgIpc) is 1.89. The molecule has 0 spiro atoms. The van der Waals surface area contributed by atoms with Crippen molar-refractivity contribution in [1.82, 2.24) is 0 Å². The third-order valence-electron chi connectivity index (χ3n) is 0.683. The van der Waals surface area contributed by atoms with Crippen LogP contribution in [-0.2, 0) is 4.74 Å². The first kappa shape index (κ1) is 8.10. The van der Waals surface area contributed by atoms with Gasteiger partial charge in [0.25, 0.3) is 0 Å². The number of nitrogens with two attached hydrogens (primary N) is 1. The predicted octanol–water partition coefficient (Wildman–Crippen LogP) is -0.352. The minimum Gasteiger partial charge on any atom is -0.383 e. The number of hydrazone groups is 1. The molecular weight excluding hydrogens is 118 g/mol. The van der Waals surface area contributed by atoms with Crippen LogP contribution in [0, 0.1) is 0 Å². The van der Waals surface area contributed by atoms with E-state index in [9.17, 15) is 0 Å². The number of hydrogen-bond donors (Lipinski definition) is 1. The van der Waals surface area contributed by atoms with E-state index >= 15 is 0 Å². The molecule has 4 nitrogen and oxygen atoms in total. The second-order valence-electron chi connectivity index (χ2n) is 1.35. The molecule has 0 aliphatic carbocycles. The molecule has 0 fully saturated rings. The molecule has 0 bridgehead atoms. The van der Waals surface area contributed by atoms with Crippen molar-refractivity contribution in [3.05, 3.63) is 0 Å². The van der Waals surface area contributed by atoms with Crippen molar-refractivity contribution in [2.45, 2.75) is 0 Å². The van der Waals surface area contributed by atoms with Crippen molar-refractivity contribution in [1.29, 1.82) is 0 Å². The van der Waals surface area contributed by atoms with Crippen molar-refractivity contribution in [3.63, 3.8) is 0 Å². The van der Waals surface area contributed by atoms with Gasteiger partial charge >= 0.3 is 0 Å². The molecule has 0 aromatic carbocycles. The smallest absolute Gasteiger partial charge is 0.0658 e. The van der Waals surface area contributed by atoms with Crippen LogP contribution in [0.2, 0.25) is 0 Å². The van der Waals surface area contributed by atoms with E-state index in [1.807, 2.05) is 0 Å². The van der Waals surface area contributed by atoms with Gasteiger partial charge in [0.05, 0.1) is 19.4 Å². The van der Waals surface area contributed by atoms with Gasteiger partial charge < -0.3 is 10.6 Å². The summed E-state index contributed by atoms with van der Waals surface area (Å²) in [5.74, 6) is 4.79. The van der Waals surface area contributed by atoms with E-state index in [1.165, 1.54) is 6.21 Å². The monoisotopic (exact) mass is 129 g/mol. The highest BCUT2D eigenvalue weighted by Gasteiger charge is 1.73. The van der Waals surface area contributed by atoms with Gasteiger partial charge in [0.15, 0.2) is 0 Å². The Bertz CT molecular complexity index is 100. The molecule has 0 aromatic heterocycles. The van der Waals surface area contributed by atoms with Crippen LogP contribution in [0.1, 0.15) is 0 Å². The Hall–Kier alpha value is -0.900. The Kier molecular flexibility index (Phi) is 6.39. The molecule has 52 valence electrons. The first-order chi connectivity index (χ1) is 4.41. The molecule has 2 N–H and O–H groups in total. The molecule has 0 aromatic rings. The van der Waals surface area contributed by atoms with Crippen molar-refractivity contribution in [2.75, 3.05) is 20.3 Å². The maximum atomic E-state index is 4.79. The number of nitrogens with zero attached hydrogens (tertiary/aromatic N) is 2. The highest BCUT2D eigenvalue weighted by Crippen LogP contribution is 1.67. The Morgan fingerprint density at radius 1 is 1.56 bits per heavy atom. The summed E-state index contributed by atoms with van der Waals surface area (Å²) in [6.45, 7) is 1.29. The van der Waals surface area contributed by atoms with Crippen molar-refractivity contribution in [3.8, 4) is 0 Å². The zero-order chi connectivity index (χ0) is 6.95. The Balaban J connectivity index is 3.04. The van der Waals surface area contributed by atoms with E-state index in [2.05, 4.69) is 10.1 Å². The third kappa shape index (κ3) is 7.10. The van der Waals surface area contributed by atoms with Crippen molar-refractivity contribution < 1.29 is 4.74 Å². The van der Waals surface area contributed by atoms with Gasteiger partial charge in [-0.05, 0) is 0 Å². The lowest BCUT2D eigenvalue weighted by Crippen LogP contribution is -1.93. The number of ether oxygens (including phenoxy) is 1. The Morgan fingerprint density at radius 2 is 2.33 bits per heavy atom. The number of hydrogen-bond acceptors (Lipinski definition) is 4. The first-order valence-corrected chi connectivity index (χ1v) is 2.62. The highest BCUT2D eigenvalue weighted by molar-refractivity contribution is 6.15. The fourth-order valence-corrected chi connectivity index (χ4v) is 0.304. The highest BCUT2D eigenvalue weighted by atomic mass is 16.5. The zero-order valence-corrected chi connectivity index (χ0v) is 5.45. The largest absolute Gasteiger partial charge is 0.383 e. The maximum absolute atomic E-state index is 4.79. The molecule has 0 aliphatic heterocycles. The summed E-state index contributed by atoms with van der Waals surface area (Å²) in [6.07, 6.45) is 2.97. The van der Waals surface area contributed by atoms with Crippen LogP contribution in [0.25, 0.3) is 0 Å². The summed E-state index contributed by atoms with van der Waals surface area (Å²) in [7, 11) is 1.63. The van der Waals surface area contributed by atoms with E-state index in [1.54, 1.807) is 13.3 Å². The van der Waals surface area contributed by atoms with Crippen LogP contribution in [-0.4, -0.2) is 32.7 Å². The molecule has 0 aliphatic rings. The van der Waals surface area contributed by atoms with Crippen LogP contribution in [0.15, 0.2) is 10.1 Å². The number of methoxy groups -OCH3 is 1. The third-order valence-corrected chi connectivity index (χ3v) is 0.683. The van der Waals surface area contributed by atoms with Gasteiger partial charge in [0.2, 0.25) is 0 Å². The van der Waals surface area contributed by atoms with Crippen LogP contribution in [0.5, 0.6) is 0 Å². The first-order valence-electron chi connectivity index (χ1n) is 2.62. The molecule has 9 heavy (non-hydrogen) atoms. The summed E-state index contributed by atoms with van der Waals surface area (Å²) >= 11 is 0. The summed E-state index contributed by atoms with van der Waals surface area (Å²) in [4.78, 5) is 3.87. The van der Waals surface area contributed by atoms with Crippen LogP contribution >= 0.6 is 0 Å². The van der Waals surface area contributed by atoms with Gasteiger partial charge in [0, 0.05) is 13.3 Å². The molecule has 0 rings (SSSR count). The molecule has 0 saturated carbocycles. The van der Waals surface area contributed by atoms with Gasteiger partial charge in [-0.2, -0.15) is 5.10 Å². The second kappa shape index (κ2) is 7.10. The molecule has 0 radical (unpaired) electrons. The van der Waals surface area contributed by atoms with Gasteiger partial charge in [0.1, 0.15) is 0 Å². The standard InChI is InChI=1S/C5H11N3O/c1-9-5-4-7-2-3-8-6/h2-3H,4-6H2,1H3. The molecule has 0 saturated heterocycles. The minimum atomic E-state index is 0.634. The van der Waals surface area contributed by atoms with Gasteiger partial charge in [-0.15, -0.1) is 0 Å². The summed E-state index contributed by atoms with van der Waals surface area (Å²) in [6, 6.07) is 0. The van der Waals surface area contributed by atoms with Crippen LogP contribution in [0.3, 0.4) is 0 Å². The molecule has 4 heteroatoms. The summed E-state index contributed by atoms with van der Waals surface area (Å²) < 4.78 is 4.73. The Morgan fingerprint density at radius 3 is 2.89 bits per heavy atom. The predicted molar refractivity (Wildman–Crippen MR) is 37.9 cm³/mol. The van der Waals surface area contributed by atoms with E-state index in [0.717, 1.165) is 0 Å². The van der Waals surface area contributed by atoms with E-state index < -0.39 is 0 Å². The fraction of sp³-hybridized carbons (Fsp3) is 0.600. The van der Waals surface area contributed by atoms with Gasteiger partial charge in [-0.3, -0.25) is 4.99 Å². The molecule has 0 atom stereocenters. The lowest BCUT2D eigenvalue weighted by molar-refractivity contribution is 0.208. The SMILES string of the molecule is COCCN=CC=NN. The minimum absolute atomic E-state index is 0.634. The molecule has 0 amide bonds. The molecule has 0 heterocycles. The van der Waals surface area contributed by atoms with Crippen LogP contribution < -0.4 is 5.84 Å². The topological polar surface area (TPSA) is 60.0 Å². The number of rotatable bonds is 4. The normalized spacial score (nSPS) is 11.7. The summed E-state index contributed by atoms with van der Waals surface area (Å²) in [5, 5.41) is 3.22. The lowest BCUT2D eigenvalue weighted by Gasteiger charge is -1.88. The van der Waals surface area contributed by atoms with Crippen LogP contribution in [0.4, 0.5) is 0 Å². The van der Waals surface area contributed by atoms with E-state index in [4.69, 9.17) is 10.6 Å². The zero-order valence-electron chi connectivity index (χ0n) is 5.45. The van der Waals surface area contributed by atoms with E-state index in [0.29, 0.717) is 13.2 Å². The second-order valence-corrected chi connectivity index (χ2v) is 1.35. The summed E-state index contributed by atoms with van der Waals surface area (Å²) in [5.41, 5.74) is 0. The van der Waals surface area contributed by atoms with E-state index in [-0.39, 0.29) is 0 Å². The molecule has 0 unspecified atom stereocenters. The average molecular weight is 129 g/mol. The fourth-order valence-electron chi connectivity index (χ4n) is 0.304. The van der Waals surface area contributed by atoms with Crippen molar-refractivity contribution in [2.24, 2.45) is 15.9 Å². The van der Waals surface area contributed by atoms with Gasteiger partial charge in [-0.1, -0.05) is 0 Å². The van der Waals surface area contributed by atoms with Crippen molar-refractivity contribution >= 4 is 12.4 Å².